The molecule has 0 amide bonds. The molecule has 18 heavy (non-hydrogen) atoms. The van der Waals surface area contributed by atoms with Gasteiger partial charge in [0.25, 0.3) is 5.89 Å². The first-order chi connectivity index (χ1) is 8.72. The summed E-state index contributed by atoms with van der Waals surface area (Å²) in [4.78, 5) is 4.26. The maximum atomic E-state index is 5.76. The van der Waals surface area contributed by atoms with E-state index in [-0.39, 0.29) is 0 Å². The van der Waals surface area contributed by atoms with Crippen LogP contribution in [0.2, 0.25) is 0 Å². The Morgan fingerprint density at radius 3 is 2.83 bits per heavy atom. The number of aromatic nitrogens is 2. The predicted octanol–water partition coefficient (Wildman–Crippen LogP) is 3.34. The van der Waals surface area contributed by atoms with E-state index in [0.717, 1.165) is 10.0 Å². The highest BCUT2D eigenvalue weighted by Gasteiger charge is 2.13. The van der Waals surface area contributed by atoms with Crippen molar-refractivity contribution in [3.05, 3.63) is 41.1 Å². The number of nitrogens with zero attached hydrogens (tertiary/aromatic N) is 2. The summed E-state index contributed by atoms with van der Waals surface area (Å²) in [7, 11) is 0. The highest BCUT2D eigenvalue weighted by molar-refractivity contribution is 9.10. The van der Waals surface area contributed by atoms with Crippen LogP contribution in [-0.4, -0.2) is 10.1 Å². The minimum atomic E-state index is 0.398. The Morgan fingerprint density at radius 1 is 1.22 bits per heavy atom. The molecule has 0 saturated carbocycles. The fraction of sp³-hybridized carbons (Fsp3) is 0. The quantitative estimate of drug-likeness (QED) is 0.735. The molecular weight excluding hydrogens is 298 g/mol. The van der Waals surface area contributed by atoms with E-state index in [1.807, 2.05) is 6.07 Å². The normalized spacial score (nSPS) is 10.7. The second-order valence-electron chi connectivity index (χ2n) is 3.67. The summed E-state index contributed by atoms with van der Waals surface area (Å²) in [6, 6.07) is 8.96. The summed E-state index contributed by atoms with van der Waals surface area (Å²) >= 11 is 3.37. The fourth-order valence-corrected chi connectivity index (χ4v) is 2.09. The largest absolute Gasteiger partial charge is 0.461 e. The highest BCUT2D eigenvalue weighted by Crippen LogP contribution is 2.27. The van der Waals surface area contributed by atoms with Gasteiger partial charge in [0, 0.05) is 15.7 Å². The summed E-state index contributed by atoms with van der Waals surface area (Å²) < 4.78 is 11.2. The van der Waals surface area contributed by atoms with Gasteiger partial charge >= 0.3 is 0 Å². The first kappa shape index (κ1) is 11.0. The van der Waals surface area contributed by atoms with Crippen LogP contribution in [0.25, 0.3) is 23.0 Å². The molecule has 0 aliphatic carbocycles. The Hall–Kier alpha value is -2.08. The molecule has 2 heterocycles. The maximum absolute atomic E-state index is 5.76. The van der Waals surface area contributed by atoms with Crippen molar-refractivity contribution in [2.75, 3.05) is 5.73 Å². The molecule has 3 rings (SSSR count). The number of halogens is 1. The Balaban J connectivity index is 2.03. The second-order valence-corrected chi connectivity index (χ2v) is 4.59. The molecule has 1 aromatic carbocycles. The van der Waals surface area contributed by atoms with Gasteiger partial charge in [0.15, 0.2) is 5.76 Å². The van der Waals surface area contributed by atoms with Gasteiger partial charge in [-0.3, -0.25) is 0 Å². The van der Waals surface area contributed by atoms with Crippen molar-refractivity contribution in [3.8, 4) is 23.0 Å². The van der Waals surface area contributed by atoms with Crippen molar-refractivity contribution in [2.24, 2.45) is 0 Å². The third-order valence-corrected chi connectivity index (χ3v) is 2.79. The molecule has 0 aliphatic heterocycles. The third kappa shape index (κ3) is 2.02. The van der Waals surface area contributed by atoms with Crippen LogP contribution in [0.5, 0.6) is 0 Å². The van der Waals surface area contributed by atoms with Crippen LogP contribution in [-0.2, 0) is 0 Å². The SMILES string of the molecule is Nc1cc(Br)cc(-c2nc(-c3ccco3)no2)c1. The van der Waals surface area contributed by atoms with Gasteiger partial charge in [-0.1, -0.05) is 21.1 Å². The first-order valence-corrected chi connectivity index (χ1v) is 5.96. The molecule has 2 N–H and O–H groups in total. The summed E-state index contributed by atoms with van der Waals surface area (Å²) in [6.45, 7) is 0. The molecule has 0 bridgehead atoms. The summed E-state index contributed by atoms with van der Waals surface area (Å²) in [5.41, 5.74) is 7.14. The van der Waals surface area contributed by atoms with E-state index >= 15 is 0 Å². The van der Waals surface area contributed by atoms with Gasteiger partial charge in [-0.15, -0.1) is 0 Å². The molecule has 0 radical (unpaired) electrons. The molecule has 0 fully saturated rings. The molecule has 90 valence electrons. The average molecular weight is 306 g/mol. The van der Waals surface area contributed by atoms with Crippen LogP contribution in [0.4, 0.5) is 5.69 Å². The second kappa shape index (κ2) is 4.30. The predicted molar refractivity (Wildman–Crippen MR) is 69.5 cm³/mol. The molecular formula is C12H8BrN3O2. The van der Waals surface area contributed by atoms with E-state index in [1.165, 1.54) is 0 Å². The van der Waals surface area contributed by atoms with Crippen molar-refractivity contribution >= 4 is 21.6 Å². The zero-order valence-corrected chi connectivity index (χ0v) is 10.7. The lowest BCUT2D eigenvalue weighted by molar-refractivity contribution is 0.429. The van der Waals surface area contributed by atoms with Crippen LogP contribution < -0.4 is 5.73 Å². The summed E-state index contributed by atoms with van der Waals surface area (Å²) in [5, 5.41) is 3.86. The van der Waals surface area contributed by atoms with Gasteiger partial charge in [0.1, 0.15) is 0 Å². The van der Waals surface area contributed by atoms with Crippen LogP contribution >= 0.6 is 15.9 Å². The number of nitrogens with two attached hydrogens (primary N) is 1. The average Bonchev–Trinajstić information content (AvgIpc) is 2.99. The van der Waals surface area contributed by atoms with Gasteiger partial charge in [0.05, 0.1) is 6.26 Å². The lowest BCUT2D eigenvalue weighted by atomic mass is 10.2. The Morgan fingerprint density at radius 2 is 2.11 bits per heavy atom. The van der Waals surface area contributed by atoms with E-state index in [0.29, 0.717) is 23.2 Å². The first-order valence-electron chi connectivity index (χ1n) is 5.16. The zero-order chi connectivity index (χ0) is 12.5. The van der Waals surface area contributed by atoms with Gasteiger partial charge < -0.3 is 14.7 Å². The molecule has 3 aromatic rings. The maximum Gasteiger partial charge on any atom is 0.258 e. The lowest BCUT2D eigenvalue weighted by Gasteiger charge is -1.98. The minimum absolute atomic E-state index is 0.398. The number of rotatable bonds is 2. The van der Waals surface area contributed by atoms with Crippen molar-refractivity contribution in [1.29, 1.82) is 0 Å². The van der Waals surface area contributed by atoms with Crippen molar-refractivity contribution in [3.63, 3.8) is 0 Å². The number of anilines is 1. The van der Waals surface area contributed by atoms with Crippen LogP contribution in [0.15, 0.2) is 50.0 Å². The molecule has 2 aromatic heterocycles. The lowest BCUT2D eigenvalue weighted by Crippen LogP contribution is -1.86. The molecule has 0 atom stereocenters. The van der Waals surface area contributed by atoms with Crippen LogP contribution in [0, 0.1) is 0 Å². The molecule has 5 nitrogen and oxygen atoms in total. The Kier molecular flexibility index (Phi) is 2.64. The van der Waals surface area contributed by atoms with Gasteiger partial charge in [-0.2, -0.15) is 4.98 Å². The molecule has 6 heteroatoms. The smallest absolute Gasteiger partial charge is 0.258 e. The van der Waals surface area contributed by atoms with Gasteiger partial charge in [-0.05, 0) is 30.3 Å². The van der Waals surface area contributed by atoms with E-state index < -0.39 is 0 Å². The Bertz CT molecular complexity index is 656. The monoisotopic (exact) mass is 305 g/mol. The van der Waals surface area contributed by atoms with Gasteiger partial charge in [0.2, 0.25) is 5.82 Å². The fourth-order valence-electron chi connectivity index (χ4n) is 1.58. The van der Waals surface area contributed by atoms with E-state index in [9.17, 15) is 0 Å². The summed E-state index contributed by atoms with van der Waals surface area (Å²) in [5.74, 6) is 1.37. The Labute approximate surface area is 111 Å². The van der Waals surface area contributed by atoms with E-state index in [4.69, 9.17) is 14.7 Å². The number of hydrogen-bond donors (Lipinski definition) is 1. The molecule has 0 spiro atoms. The van der Waals surface area contributed by atoms with Crippen LogP contribution in [0.1, 0.15) is 0 Å². The molecule has 0 aliphatic rings. The number of benzene rings is 1. The zero-order valence-electron chi connectivity index (χ0n) is 9.13. The molecule has 0 saturated heterocycles. The summed E-state index contributed by atoms with van der Waals surface area (Å²) in [6.07, 6.45) is 1.56. The van der Waals surface area contributed by atoms with Crippen molar-refractivity contribution in [2.45, 2.75) is 0 Å². The van der Waals surface area contributed by atoms with Crippen LogP contribution in [0.3, 0.4) is 0 Å². The van der Waals surface area contributed by atoms with Crippen molar-refractivity contribution in [1.82, 2.24) is 10.1 Å². The highest BCUT2D eigenvalue weighted by atomic mass is 79.9. The van der Waals surface area contributed by atoms with E-state index in [2.05, 4.69) is 26.1 Å². The third-order valence-electron chi connectivity index (χ3n) is 2.33. The topological polar surface area (TPSA) is 78.1 Å². The van der Waals surface area contributed by atoms with Gasteiger partial charge in [-0.25, -0.2) is 0 Å². The standard InChI is InChI=1S/C12H8BrN3O2/c13-8-4-7(5-9(14)6-8)12-15-11(16-18-12)10-2-1-3-17-10/h1-6H,14H2. The minimum Gasteiger partial charge on any atom is -0.461 e. The number of furan rings is 1. The molecule has 0 unspecified atom stereocenters. The van der Waals surface area contributed by atoms with Crippen molar-refractivity contribution < 1.29 is 8.94 Å². The van der Waals surface area contributed by atoms with E-state index in [1.54, 1.807) is 30.5 Å². The number of nitrogen functional groups attached to an aromatic ring is 1. The number of hydrogen-bond acceptors (Lipinski definition) is 5.